The molecular weight excluding hydrogens is 488 g/mol. The van der Waals surface area contributed by atoms with Crippen molar-refractivity contribution in [2.75, 3.05) is 5.32 Å². The van der Waals surface area contributed by atoms with Crippen LogP contribution in [0.25, 0.3) is 0 Å². The number of urea groups is 1. The largest absolute Gasteiger partial charge is 0.478 e. The highest BCUT2D eigenvalue weighted by atomic mass is 32.2. The van der Waals surface area contributed by atoms with Crippen molar-refractivity contribution in [1.82, 2.24) is 15.5 Å². The molecule has 4 rings (SSSR count). The second kappa shape index (κ2) is 10.5. The van der Waals surface area contributed by atoms with Crippen molar-refractivity contribution in [2.45, 2.75) is 29.8 Å². The number of aryl methyl sites for hydroxylation is 1. The summed E-state index contributed by atoms with van der Waals surface area (Å²) in [5, 5.41) is 15.8. The van der Waals surface area contributed by atoms with Crippen LogP contribution >= 0.6 is 11.8 Å². The summed E-state index contributed by atoms with van der Waals surface area (Å²) in [7, 11) is 0. The van der Waals surface area contributed by atoms with E-state index in [0.717, 1.165) is 23.5 Å². The van der Waals surface area contributed by atoms with Crippen molar-refractivity contribution >= 4 is 47.7 Å². The maximum Gasteiger partial charge on any atom is 0.336 e. The van der Waals surface area contributed by atoms with Crippen molar-refractivity contribution in [1.29, 1.82) is 0 Å². The van der Waals surface area contributed by atoms with E-state index >= 15 is 0 Å². The van der Waals surface area contributed by atoms with Gasteiger partial charge in [0.05, 0.1) is 5.57 Å². The molecule has 186 valence electrons. The van der Waals surface area contributed by atoms with Gasteiger partial charge in [0, 0.05) is 17.5 Å². The van der Waals surface area contributed by atoms with Crippen molar-refractivity contribution in [3.8, 4) is 0 Å². The summed E-state index contributed by atoms with van der Waals surface area (Å²) in [6.45, 7) is 2.01. The Morgan fingerprint density at radius 1 is 1.11 bits per heavy atom. The summed E-state index contributed by atoms with van der Waals surface area (Å²) in [6, 6.07) is 13.7. The lowest BCUT2D eigenvalue weighted by atomic mass is 10.0. The van der Waals surface area contributed by atoms with E-state index in [9.17, 15) is 29.1 Å². The lowest BCUT2D eigenvalue weighted by Gasteiger charge is -2.49. The van der Waals surface area contributed by atoms with Gasteiger partial charge in [0.25, 0.3) is 18.3 Å². The highest BCUT2D eigenvalue weighted by molar-refractivity contribution is 8.00. The van der Waals surface area contributed by atoms with E-state index < -0.39 is 46.7 Å². The summed E-state index contributed by atoms with van der Waals surface area (Å²) in [6.07, 6.45) is -0.110. The van der Waals surface area contributed by atoms with Gasteiger partial charge in [-0.05, 0) is 24.6 Å². The highest BCUT2D eigenvalue weighted by Crippen LogP contribution is 2.40. The number of aliphatic carboxylic acids is 1. The first-order chi connectivity index (χ1) is 17.3. The van der Waals surface area contributed by atoms with Gasteiger partial charge in [-0.3, -0.25) is 14.4 Å². The van der Waals surface area contributed by atoms with Crippen LogP contribution in [0.1, 0.15) is 17.2 Å². The molecule has 12 heteroatoms. The van der Waals surface area contributed by atoms with Crippen molar-refractivity contribution in [3.05, 3.63) is 77.5 Å². The molecule has 4 N–H and O–H groups in total. The maximum absolute atomic E-state index is 12.9. The topological polar surface area (TPSA) is 154 Å². The van der Waals surface area contributed by atoms with Gasteiger partial charge in [0.1, 0.15) is 16.8 Å². The van der Waals surface area contributed by atoms with Crippen LogP contribution in [0.3, 0.4) is 0 Å². The van der Waals surface area contributed by atoms with Crippen LogP contribution in [0.15, 0.2) is 66.4 Å². The number of β-lactam (4-membered cyclic amide) rings is 1. The number of rotatable bonds is 8. The number of fused-ring (bicyclic) bond motifs is 1. The van der Waals surface area contributed by atoms with Gasteiger partial charge in [-0.25, -0.2) is 9.59 Å². The third-order valence-electron chi connectivity index (χ3n) is 5.53. The number of thioether (sulfide) groups is 1. The number of carbonyl (C=O) groups excluding carboxylic acids is 4. The number of carboxylic acid groups (broad SMARTS) is 1. The van der Waals surface area contributed by atoms with Gasteiger partial charge in [0.2, 0.25) is 6.10 Å². The Bertz CT molecular complexity index is 1240. The Balaban J connectivity index is 1.47. The second-order valence-corrected chi connectivity index (χ2v) is 9.25. The molecule has 0 aromatic heterocycles. The Hall–Kier alpha value is -4.32. The van der Waals surface area contributed by atoms with Gasteiger partial charge in [-0.1, -0.05) is 42.5 Å². The third-order valence-corrected chi connectivity index (χ3v) is 6.95. The quantitative estimate of drug-likeness (QED) is 0.309. The maximum atomic E-state index is 12.9. The molecule has 0 saturated carbocycles. The molecule has 36 heavy (non-hydrogen) atoms. The van der Waals surface area contributed by atoms with Crippen LogP contribution in [0.5, 0.6) is 0 Å². The zero-order valence-corrected chi connectivity index (χ0v) is 19.7. The predicted octanol–water partition coefficient (Wildman–Crippen LogP) is 1.73. The molecule has 0 bridgehead atoms. The first kappa shape index (κ1) is 24.8. The zero-order valence-electron chi connectivity index (χ0n) is 18.9. The number of carboxylic acids is 1. The van der Waals surface area contributed by atoms with Crippen LogP contribution in [-0.2, 0) is 23.9 Å². The number of nitrogens with zero attached hydrogens (tertiary/aromatic N) is 1. The Morgan fingerprint density at radius 2 is 1.86 bits per heavy atom. The summed E-state index contributed by atoms with van der Waals surface area (Å²) < 4.78 is 4.94. The molecule has 2 aliphatic heterocycles. The van der Waals surface area contributed by atoms with Crippen LogP contribution in [0.2, 0.25) is 0 Å². The van der Waals surface area contributed by atoms with E-state index in [4.69, 9.17) is 4.74 Å². The molecule has 1 saturated heterocycles. The highest BCUT2D eigenvalue weighted by Gasteiger charge is 2.53. The zero-order chi connectivity index (χ0) is 25.8. The number of anilines is 1. The van der Waals surface area contributed by atoms with Crippen molar-refractivity contribution < 1.29 is 33.8 Å². The van der Waals surface area contributed by atoms with Crippen LogP contribution in [0, 0.1) is 6.92 Å². The first-order valence-electron chi connectivity index (χ1n) is 10.8. The third kappa shape index (κ3) is 5.18. The molecule has 1 fully saturated rings. The predicted molar refractivity (Wildman–Crippen MR) is 129 cm³/mol. The SMILES string of the molecule is Cc1cccc(NC(=O)NC2S[C@@H]3C(NC(=O)C(OC=O)c4ccccc4)C(=O)N3C=C2C(=O)O)c1. The molecule has 2 heterocycles. The number of amides is 4. The molecule has 0 radical (unpaired) electrons. The summed E-state index contributed by atoms with van der Waals surface area (Å²) >= 11 is 0.993. The van der Waals surface area contributed by atoms with Gasteiger partial charge in [-0.15, -0.1) is 11.8 Å². The molecule has 4 amide bonds. The first-order valence-corrected chi connectivity index (χ1v) is 11.7. The minimum absolute atomic E-state index is 0.149. The van der Waals surface area contributed by atoms with Crippen molar-refractivity contribution in [3.63, 3.8) is 0 Å². The molecule has 0 aliphatic carbocycles. The smallest absolute Gasteiger partial charge is 0.336 e. The fourth-order valence-electron chi connectivity index (χ4n) is 3.82. The lowest BCUT2D eigenvalue weighted by molar-refractivity contribution is -0.151. The monoisotopic (exact) mass is 510 g/mol. The Morgan fingerprint density at radius 3 is 2.53 bits per heavy atom. The number of hydrogen-bond donors (Lipinski definition) is 4. The minimum Gasteiger partial charge on any atom is -0.478 e. The standard InChI is InChI=1S/C24H22N4O7S/c1-13-6-5-9-15(10-13)25-24(34)27-20-16(23(32)33)11-28-21(31)17(22(28)36-20)26-19(30)18(35-12-29)14-7-3-2-4-8-14/h2-12,17-18,20,22H,1H3,(H,26,30)(H,32,33)(H2,25,27,34)/t17?,18?,20?,22-/m1/s1. The molecule has 0 spiro atoms. The summed E-state index contributed by atoms with van der Waals surface area (Å²) in [5.41, 5.74) is 1.69. The molecule has 2 aromatic carbocycles. The van der Waals surface area contributed by atoms with E-state index in [2.05, 4.69) is 16.0 Å². The molecule has 4 atom stereocenters. The van der Waals surface area contributed by atoms with Crippen LogP contribution in [-0.4, -0.2) is 57.1 Å². The van der Waals surface area contributed by atoms with E-state index in [1.54, 1.807) is 48.5 Å². The minimum atomic E-state index is -1.30. The van der Waals surface area contributed by atoms with Gasteiger partial charge in [0.15, 0.2) is 0 Å². The molecule has 11 nitrogen and oxygen atoms in total. The fourth-order valence-corrected chi connectivity index (χ4v) is 5.22. The number of nitrogens with one attached hydrogen (secondary N) is 3. The van der Waals surface area contributed by atoms with Gasteiger partial charge in [-0.2, -0.15) is 0 Å². The molecule has 2 aliphatic rings. The average molecular weight is 511 g/mol. The number of carbonyl (C=O) groups is 5. The second-order valence-electron chi connectivity index (χ2n) is 8.02. The van der Waals surface area contributed by atoms with E-state index in [1.807, 2.05) is 13.0 Å². The van der Waals surface area contributed by atoms with Crippen molar-refractivity contribution in [2.24, 2.45) is 0 Å². The Labute approximate surface area is 209 Å². The normalized spacial score (nSPS) is 21.1. The Kier molecular flexibility index (Phi) is 7.25. The van der Waals surface area contributed by atoms with E-state index in [-0.39, 0.29) is 12.0 Å². The number of hydrogen-bond acceptors (Lipinski definition) is 7. The van der Waals surface area contributed by atoms with Gasteiger partial charge < -0.3 is 30.7 Å². The number of ether oxygens (including phenoxy) is 1. The molecular formula is C24H22N4O7S. The average Bonchev–Trinajstić information content (AvgIpc) is 2.85. The summed E-state index contributed by atoms with van der Waals surface area (Å²) in [5.74, 6) is -2.53. The van der Waals surface area contributed by atoms with Crippen LogP contribution < -0.4 is 16.0 Å². The lowest BCUT2D eigenvalue weighted by Crippen LogP contribution is -2.70. The summed E-state index contributed by atoms with van der Waals surface area (Å²) in [4.78, 5) is 62.0. The fraction of sp³-hybridized carbons (Fsp3) is 0.208. The molecule has 2 aromatic rings. The van der Waals surface area contributed by atoms with Crippen LogP contribution in [0.4, 0.5) is 10.5 Å². The number of benzene rings is 2. The van der Waals surface area contributed by atoms with E-state index in [0.29, 0.717) is 11.3 Å². The van der Waals surface area contributed by atoms with E-state index in [1.165, 1.54) is 4.90 Å². The molecule has 3 unspecified atom stereocenters. The van der Waals surface area contributed by atoms with Gasteiger partial charge >= 0.3 is 12.0 Å².